The summed E-state index contributed by atoms with van der Waals surface area (Å²) in [7, 11) is 4.10. The predicted octanol–water partition coefficient (Wildman–Crippen LogP) is 2.61. The second-order valence-corrected chi connectivity index (χ2v) is 5.04. The topological polar surface area (TPSA) is 39.7 Å². The Bertz CT molecular complexity index is 395. The van der Waals surface area contributed by atoms with Gasteiger partial charge < -0.3 is 15.5 Å². The van der Waals surface area contributed by atoms with Crippen LogP contribution >= 0.6 is 0 Å². The molecule has 112 valence electrons. The smallest absolute Gasteiger partial charge is 0.191 e. The highest BCUT2D eigenvalue weighted by molar-refractivity contribution is 5.79. The Morgan fingerprint density at radius 3 is 2.35 bits per heavy atom. The van der Waals surface area contributed by atoms with Crippen LogP contribution in [0.15, 0.2) is 29.3 Å². The van der Waals surface area contributed by atoms with Crippen molar-refractivity contribution in [1.29, 1.82) is 0 Å². The Labute approximate surface area is 123 Å². The normalized spacial score (nSPS) is 11.3. The van der Waals surface area contributed by atoms with E-state index in [2.05, 4.69) is 58.6 Å². The van der Waals surface area contributed by atoms with E-state index in [0.29, 0.717) is 6.54 Å². The van der Waals surface area contributed by atoms with Gasteiger partial charge in [0.1, 0.15) is 0 Å². The van der Waals surface area contributed by atoms with Crippen molar-refractivity contribution in [2.24, 2.45) is 4.99 Å². The summed E-state index contributed by atoms with van der Waals surface area (Å²) in [6, 6.07) is 8.52. The van der Waals surface area contributed by atoms with E-state index >= 15 is 0 Å². The van der Waals surface area contributed by atoms with Crippen LogP contribution in [0, 0.1) is 0 Å². The van der Waals surface area contributed by atoms with E-state index in [-0.39, 0.29) is 0 Å². The number of hydrogen-bond acceptors (Lipinski definition) is 2. The first kappa shape index (κ1) is 16.3. The first-order chi connectivity index (χ1) is 9.67. The Morgan fingerprint density at radius 2 is 1.80 bits per heavy atom. The van der Waals surface area contributed by atoms with Crippen molar-refractivity contribution < 1.29 is 0 Å². The minimum absolute atomic E-state index is 0.704. The molecular formula is C16H28N4. The highest BCUT2D eigenvalue weighted by Crippen LogP contribution is 2.12. The summed E-state index contributed by atoms with van der Waals surface area (Å²) in [5, 5.41) is 6.62. The molecular weight excluding hydrogens is 248 g/mol. The molecule has 4 nitrogen and oxygen atoms in total. The number of hydrogen-bond donors (Lipinski definition) is 2. The molecule has 0 bridgehead atoms. The molecule has 0 fully saturated rings. The van der Waals surface area contributed by atoms with Crippen molar-refractivity contribution >= 4 is 11.6 Å². The van der Waals surface area contributed by atoms with Crippen LogP contribution in [0.25, 0.3) is 0 Å². The van der Waals surface area contributed by atoms with Gasteiger partial charge in [-0.1, -0.05) is 25.5 Å². The number of anilines is 1. The predicted molar refractivity (Wildman–Crippen MR) is 88.5 cm³/mol. The molecule has 0 heterocycles. The quantitative estimate of drug-likeness (QED) is 0.457. The third-order valence-corrected chi connectivity index (χ3v) is 3.04. The minimum Gasteiger partial charge on any atom is -0.378 e. The minimum atomic E-state index is 0.704. The molecule has 0 radical (unpaired) electrons. The second kappa shape index (κ2) is 9.23. The van der Waals surface area contributed by atoms with Crippen LogP contribution in [0.5, 0.6) is 0 Å². The van der Waals surface area contributed by atoms with E-state index in [1.165, 1.54) is 24.1 Å². The monoisotopic (exact) mass is 276 g/mol. The summed E-state index contributed by atoms with van der Waals surface area (Å²) < 4.78 is 0. The molecule has 0 saturated carbocycles. The number of unbranched alkanes of at least 4 members (excludes halogenated alkanes) is 1. The van der Waals surface area contributed by atoms with Crippen LogP contribution in [0.2, 0.25) is 0 Å². The highest BCUT2D eigenvalue weighted by Gasteiger charge is 1.98. The van der Waals surface area contributed by atoms with E-state index in [1.807, 2.05) is 14.1 Å². The SMILES string of the molecule is CCCCNC(=NCc1ccc(N(C)C)cc1)NCC. The Hall–Kier alpha value is -1.71. The second-order valence-electron chi connectivity index (χ2n) is 5.04. The number of nitrogens with one attached hydrogen (secondary N) is 2. The van der Waals surface area contributed by atoms with Crippen molar-refractivity contribution in [3.8, 4) is 0 Å². The van der Waals surface area contributed by atoms with E-state index < -0.39 is 0 Å². The van der Waals surface area contributed by atoms with Gasteiger partial charge in [0.15, 0.2) is 5.96 Å². The van der Waals surface area contributed by atoms with Crippen LogP contribution in [0.3, 0.4) is 0 Å². The number of nitrogens with zero attached hydrogens (tertiary/aromatic N) is 2. The van der Waals surface area contributed by atoms with Crippen molar-refractivity contribution in [2.45, 2.75) is 33.2 Å². The number of benzene rings is 1. The summed E-state index contributed by atoms with van der Waals surface area (Å²) in [5.74, 6) is 0.901. The van der Waals surface area contributed by atoms with Crippen molar-refractivity contribution in [1.82, 2.24) is 10.6 Å². The molecule has 0 amide bonds. The van der Waals surface area contributed by atoms with Gasteiger partial charge in [-0.3, -0.25) is 0 Å². The maximum Gasteiger partial charge on any atom is 0.191 e. The Morgan fingerprint density at radius 1 is 1.10 bits per heavy atom. The maximum atomic E-state index is 4.61. The van der Waals surface area contributed by atoms with Crippen LogP contribution in [-0.4, -0.2) is 33.1 Å². The molecule has 0 saturated heterocycles. The molecule has 0 unspecified atom stereocenters. The third-order valence-electron chi connectivity index (χ3n) is 3.04. The fraction of sp³-hybridized carbons (Fsp3) is 0.562. The average molecular weight is 276 g/mol. The Balaban J connectivity index is 2.56. The Kier molecular flexibility index (Phi) is 7.55. The average Bonchev–Trinajstić information content (AvgIpc) is 2.45. The molecule has 0 spiro atoms. The van der Waals surface area contributed by atoms with Crippen molar-refractivity contribution in [2.75, 3.05) is 32.1 Å². The zero-order chi connectivity index (χ0) is 14.8. The van der Waals surface area contributed by atoms with Crippen LogP contribution in [0.4, 0.5) is 5.69 Å². The molecule has 1 rings (SSSR count). The largest absolute Gasteiger partial charge is 0.378 e. The number of aliphatic imine (C=N–C) groups is 1. The maximum absolute atomic E-state index is 4.61. The first-order valence-corrected chi connectivity index (χ1v) is 7.45. The van der Waals surface area contributed by atoms with Gasteiger partial charge in [0, 0.05) is 32.9 Å². The summed E-state index contributed by atoms with van der Waals surface area (Å²) in [4.78, 5) is 6.71. The van der Waals surface area contributed by atoms with Gasteiger partial charge in [0.25, 0.3) is 0 Å². The molecule has 2 N–H and O–H groups in total. The summed E-state index contributed by atoms with van der Waals surface area (Å²) in [6.45, 7) is 6.84. The number of rotatable bonds is 7. The van der Waals surface area contributed by atoms with E-state index in [9.17, 15) is 0 Å². The van der Waals surface area contributed by atoms with Gasteiger partial charge >= 0.3 is 0 Å². The molecule has 0 aliphatic carbocycles. The van der Waals surface area contributed by atoms with Gasteiger partial charge in [0.05, 0.1) is 6.54 Å². The standard InChI is InChI=1S/C16H28N4/c1-5-7-12-18-16(17-6-2)19-13-14-8-10-15(11-9-14)20(3)4/h8-11H,5-7,12-13H2,1-4H3,(H2,17,18,19). The fourth-order valence-electron chi connectivity index (χ4n) is 1.80. The molecule has 0 aromatic heterocycles. The van der Waals surface area contributed by atoms with Gasteiger partial charge in [-0.2, -0.15) is 0 Å². The molecule has 20 heavy (non-hydrogen) atoms. The summed E-state index contributed by atoms with van der Waals surface area (Å²) in [6.07, 6.45) is 2.36. The summed E-state index contributed by atoms with van der Waals surface area (Å²) >= 11 is 0. The molecule has 4 heteroatoms. The van der Waals surface area contributed by atoms with Gasteiger partial charge in [-0.15, -0.1) is 0 Å². The molecule has 1 aromatic rings. The van der Waals surface area contributed by atoms with E-state index in [4.69, 9.17) is 0 Å². The lowest BCUT2D eigenvalue weighted by molar-refractivity contribution is 0.730. The van der Waals surface area contributed by atoms with E-state index in [1.54, 1.807) is 0 Å². The van der Waals surface area contributed by atoms with Gasteiger partial charge in [0.2, 0.25) is 0 Å². The number of guanidine groups is 1. The van der Waals surface area contributed by atoms with E-state index in [0.717, 1.165) is 19.0 Å². The lowest BCUT2D eigenvalue weighted by Gasteiger charge is -2.13. The van der Waals surface area contributed by atoms with Crippen molar-refractivity contribution in [3.05, 3.63) is 29.8 Å². The lowest BCUT2D eigenvalue weighted by Crippen LogP contribution is -2.37. The van der Waals surface area contributed by atoms with Crippen molar-refractivity contribution in [3.63, 3.8) is 0 Å². The van der Waals surface area contributed by atoms with Gasteiger partial charge in [-0.05, 0) is 31.0 Å². The molecule has 1 aromatic carbocycles. The van der Waals surface area contributed by atoms with Crippen LogP contribution < -0.4 is 15.5 Å². The molecule has 0 atom stereocenters. The first-order valence-electron chi connectivity index (χ1n) is 7.45. The van der Waals surface area contributed by atoms with Crippen LogP contribution in [0.1, 0.15) is 32.3 Å². The molecule has 0 aliphatic heterocycles. The van der Waals surface area contributed by atoms with Gasteiger partial charge in [-0.25, -0.2) is 4.99 Å². The molecule has 0 aliphatic rings. The lowest BCUT2D eigenvalue weighted by atomic mass is 10.2. The summed E-state index contributed by atoms with van der Waals surface area (Å²) in [5.41, 5.74) is 2.44. The third kappa shape index (κ3) is 5.95. The zero-order valence-corrected chi connectivity index (χ0v) is 13.2. The highest BCUT2D eigenvalue weighted by atomic mass is 15.2. The van der Waals surface area contributed by atoms with Crippen LogP contribution in [-0.2, 0) is 6.54 Å². The fourth-order valence-corrected chi connectivity index (χ4v) is 1.80. The zero-order valence-electron chi connectivity index (χ0n) is 13.2.